The normalized spacial score (nSPS) is 24.3. The van der Waals surface area contributed by atoms with Crippen LogP contribution in [0.25, 0.3) is 0 Å². The van der Waals surface area contributed by atoms with E-state index in [1.807, 2.05) is 6.92 Å². The molecule has 0 spiro atoms. The van der Waals surface area contributed by atoms with Crippen molar-refractivity contribution < 1.29 is 14.3 Å². The van der Waals surface area contributed by atoms with E-state index in [-0.39, 0.29) is 17.9 Å². The summed E-state index contributed by atoms with van der Waals surface area (Å²) in [5.74, 6) is 0.101. The van der Waals surface area contributed by atoms with Crippen molar-refractivity contribution in [2.45, 2.75) is 19.4 Å². The molecule has 1 rings (SSSR count). The minimum Gasteiger partial charge on any atom is -0.465 e. The van der Waals surface area contributed by atoms with Gasteiger partial charge in [-0.05, 0) is 20.4 Å². The fourth-order valence-electron chi connectivity index (χ4n) is 1.59. The second kappa shape index (κ2) is 5.19. The largest absolute Gasteiger partial charge is 0.465 e. The van der Waals surface area contributed by atoms with Crippen molar-refractivity contribution >= 4 is 5.97 Å². The smallest absolute Gasteiger partial charge is 0.323 e. The summed E-state index contributed by atoms with van der Waals surface area (Å²) >= 11 is 0. The molecule has 1 heterocycles. The second-order valence-electron chi connectivity index (χ2n) is 3.14. The zero-order chi connectivity index (χ0) is 9.68. The molecule has 0 saturated carbocycles. The molecule has 1 aliphatic heterocycles. The van der Waals surface area contributed by atoms with E-state index in [9.17, 15) is 4.79 Å². The molecule has 1 fully saturated rings. The predicted octanol–water partition coefficient (Wildman–Crippen LogP) is 0.174. The molecule has 4 nitrogen and oxygen atoms in total. The molecule has 0 radical (unpaired) electrons. The standard InChI is InChI=1S/C9H17NO3/c1-3-13-9(11)8(10-2)7-4-5-12-6-7/h7-8,10H,3-6H2,1-2H3/t7-,8-/m0/s1. The van der Waals surface area contributed by atoms with Crippen LogP contribution in [0, 0.1) is 5.92 Å². The molecule has 0 bridgehead atoms. The summed E-state index contributed by atoms with van der Waals surface area (Å²) in [6, 6.07) is -0.206. The zero-order valence-corrected chi connectivity index (χ0v) is 8.21. The average molecular weight is 187 g/mol. The molecule has 0 unspecified atom stereocenters. The molecule has 4 heteroatoms. The van der Waals surface area contributed by atoms with Crippen LogP contribution in [0.1, 0.15) is 13.3 Å². The van der Waals surface area contributed by atoms with Crippen molar-refractivity contribution in [1.29, 1.82) is 0 Å². The average Bonchev–Trinajstić information content (AvgIpc) is 2.59. The molecule has 1 saturated heterocycles. The highest BCUT2D eigenvalue weighted by molar-refractivity contribution is 5.76. The summed E-state index contributed by atoms with van der Waals surface area (Å²) < 4.78 is 10.2. The van der Waals surface area contributed by atoms with Crippen LogP contribution in [-0.2, 0) is 14.3 Å². The molecule has 1 aliphatic rings. The molecule has 76 valence electrons. The Hall–Kier alpha value is -0.610. The molecular formula is C9H17NO3. The van der Waals surface area contributed by atoms with Gasteiger partial charge in [0.05, 0.1) is 13.2 Å². The number of likely N-dealkylation sites (N-methyl/N-ethyl adjacent to an activating group) is 1. The maximum absolute atomic E-state index is 11.4. The van der Waals surface area contributed by atoms with Gasteiger partial charge in [-0.15, -0.1) is 0 Å². The summed E-state index contributed by atoms with van der Waals surface area (Å²) in [5.41, 5.74) is 0. The minimum atomic E-state index is -0.206. The Morgan fingerprint density at radius 1 is 1.77 bits per heavy atom. The van der Waals surface area contributed by atoms with Gasteiger partial charge in [0.15, 0.2) is 0 Å². The molecule has 0 amide bonds. The lowest BCUT2D eigenvalue weighted by molar-refractivity contribution is -0.147. The lowest BCUT2D eigenvalue weighted by Gasteiger charge is -2.19. The van der Waals surface area contributed by atoms with Gasteiger partial charge >= 0.3 is 5.97 Å². The number of hydrogen-bond donors (Lipinski definition) is 1. The highest BCUT2D eigenvalue weighted by Gasteiger charge is 2.30. The van der Waals surface area contributed by atoms with Crippen molar-refractivity contribution in [2.75, 3.05) is 26.9 Å². The monoisotopic (exact) mass is 187 g/mol. The third kappa shape index (κ3) is 2.67. The van der Waals surface area contributed by atoms with Gasteiger partial charge in [0.25, 0.3) is 0 Å². The molecule has 0 aliphatic carbocycles. The summed E-state index contributed by atoms with van der Waals surface area (Å²) in [4.78, 5) is 11.4. The van der Waals surface area contributed by atoms with E-state index in [0.717, 1.165) is 13.0 Å². The number of hydrogen-bond acceptors (Lipinski definition) is 4. The number of rotatable bonds is 4. The summed E-state index contributed by atoms with van der Waals surface area (Å²) in [5, 5.41) is 2.97. The Kier molecular flexibility index (Phi) is 4.18. The fraction of sp³-hybridized carbons (Fsp3) is 0.889. The van der Waals surface area contributed by atoms with Crippen LogP contribution in [0.2, 0.25) is 0 Å². The van der Waals surface area contributed by atoms with Gasteiger partial charge in [-0.3, -0.25) is 4.79 Å². The van der Waals surface area contributed by atoms with Crippen molar-refractivity contribution in [3.05, 3.63) is 0 Å². The van der Waals surface area contributed by atoms with Gasteiger partial charge in [-0.1, -0.05) is 0 Å². The Labute approximate surface area is 78.6 Å². The summed E-state index contributed by atoms with van der Waals surface area (Å²) in [6.07, 6.45) is 0.935. The van der Waals surface area contributed by atoms with Gasteiger partial charge in [0.1, 0.15) is 6.04 Å². The zero-order valence-electron chi connectivity index (χ0n) is 8.21. The Bertz CT molecular complexity index is 166. The first-order valence-electron chi connectivity index (χ1n) is 4.71. The lowest BCUT2D eigenvalue weighted by Crippen LogP contribution is -2.42. The quantitative estimate of drug-likeness (QED) is 0.637. The first-order valence-corrected chi connectivity index (χ1v) is 4.71. The Morgan fingerprint density at radius 3 is 3.00 bits per heavy atom. The van der Waals surface area contributed by atoms with Gasteiger partial charge in [-0.25, -0.2) is 0 Å². The number of esters is 1. The van der Waals surface area contributed by atoms with Gasteiger partial charge in [0, 0.05) is 12.5 Å². The Balaban J connectivity index is 2.44. The van der Waals surface area contributed by atoms with E-state index in [4.69, 9.17) is 9.47 Å². The van der Waals surface area contributed by atoms with Gasteiger partial charge in [-0.2, -0.15) is 0 Å². The molecule has 0 aromatic rings. The van der Waals surface area contributed by atoms with Gasteiger partial charge < -0.3 is 14.8 Å². The molecule has 1 N–H and O–H groups in total. The molecule has 13 heavy (non-hydrogen) atoms. The highest BCUT2D eigenvalue weighted by Crippen LogP contribution is 2.17. The third-order valence-electron chi connectivity index (χ3n) is 2.29. The van der Waals surface area contributed by atoms with Crippen molar-refractivity contribution in [3.63, 3.8) is 0 Å². The van der Waals surface area contributed by atoms with Crippen molar-refractivity contribution in [2.24, 2.45) is 5.92 Å². The van der Waals surface area contributed by atoms with Crippen LogP contribution < -0.4 is 5.32 Å². The molecular weight excluding hydrogens is 170 g/mol. The van der Waals surface area contributed by atoms with Crippen LogP contribution in [0.4, 0.5) is 0 Å². The highest BCUT2D eigenvalue weighted by atomic mass is 16.5. The Morgan fingerprint density at radius 2 is 2.54 bits per heavy atom. The second-order valence-corrected chi connectivity index (χ2v) is 3.14. The van der Waals surface area contributed by atoms with E-state index in [0.29, 0.717) is 13.2 Å². The first-order chi connectivity index (χ1) is 6.29. The predicted molar refractivity (Wildman–Crippen MR) is 48.4 cm³/mol. The number of nitrogens with one attached hydrogen (secondary N) is 1. The number of carbonyl (C=O) groups excluding carboxylic acids is 1. The molecule has 0 aromatic heterocycles. The summed E-state index contributed by atoms with van der Waals surface area (Å²) in [7, 11) is 1.78. The van der Waals surface area contributed by atoms with E-state index < -0.39 is 0 Å². The van der Waals surface area contributed by atoms with Crippen LogP contribution in [-0.4, -0.2) is 38.9 Å². The molecule has 2 atom stereocenters. The SMILES string of the molecule is CCOC(=O)[C@@H](NC)[C@H]1CCOC1. The van der Waals surface area contributed by atoms with Crippen LogP contribution in [0.15, 0.2) is 0 Å². The fourth-order valence-corrected chi connectivity index (χ4v) is 1.59. The maximum atomic E-state index is 11.4. The molecule has 0 aromatic carbocycles. The van der Waals surface area contributed by atoms with Crippen molar-refractivity contribution in [1.82, 2.24) is 5.32 Å². The first kappa shape index (κ1) is 10.5. The topological polar surface area (TPSA) is 47.6 Å². The van der Waals surface area contributed by atoms with Gasteiger partial charge in [0.2, 0.25) is 0 Å². The minimum absolute atomic E-state index is 0.166. The van der Waals surface area contributed by atoms with Crippen molar-refractivity contribution in [3.8, 4) is 0 Å². The lowest BCUT2D eigenvalue weighted by atomic mass is 9.99. The summed E-state index contributed by atoms with van der Waals surface area (Å²) in [6.45, 7) is 3.66. The van der Waals surface area contributed by atoms with Crippen LogP contribution >= 0.6 is 0 Å². The number of carbonyl (C=O) groups is 1. The van der Waals surface area contributed by atoms with E-state index >= 15 is 0 Å². The maximum Gasteiger partial charge on any atom is 0.323 e. The van der Waals surface area contributed by atoms with E-state index in [2.05, 4.69) is 5.32 Å². The third-order valence-corrected chi connectivity index (χ3v) is 2.29. The van der Waals surface area contributed by atoms with E-state index in [1.165, 1.54) is 0 Å². The van der Waals surface area contributed by atoms with Crippen LogP contribution in [0.5, 0.6) is 0 Å². The van der Waals surface area contributed by atoms with Crippen LogP contribution in [0.3, 0.4) is 0 Å². The van der Waals surface area contributed by atoms with E-state index in [1.54, 1.807) is 7.05 Å². The number of ether oxygens (including phenoxy) is 2.